The maximum Gasteiger partial charge on any atom is 0.253 e. The molecule has 3 aromatic rings. The summed E-state index contributed by atoms with van der Waals surface area (Å²) in [5.74, 6) is 0.212. The number of aryl methyl sites for hydroxylation is 2. The highest BCUT2D eigenvalue weighted by Crippen LogP contribution is 2.28. The Morgan fingerprint density at radius 1 is 0.867 bits per heavy atom. The van der Waals surface area contributed by atoms with Gasteiger partial charge in [0.05, 0.1) is 0 Å². The van der Waals surface area contributed by atoms with E-state index >= 15 is 0 Å². The third-order valence-electron chi connectivity index (χ3n) is 5.86. The molecule has 4 nitrogen and oxygen atoms in total. The number of nitrogens with zero attached hydrogens (tertiary/aromatic N) is 2. The lowest BCUT2D eigenvalue weighted by molar-refractivity contribution is 0.0628. The maximum absolute atomic E-state index is 12.7. The first-order valence-electron chi connectivity index (χ1n) is 10.5. The van der Waals surface area contributed by atoms with Crippen LogP contribution in [-0.2, 0) is 6.54 Å². The predicted molar refractivity (Wildman–Crippen MR) is 121 cm³/mol. The van der Waals surface area contributed by atoms with Crippen molar-refractivity contribution in [2.75, 3.05) is 26.2 Å². The van der Waals surface area contributed by atoms with E-state index in [4.69, 9.17) is 0 Å². The summed E-state index contributed by atoms with van der Waals surface area (Å²) in [7, 11) is 0. The number of rotatable bonds is 4. The topological polar surface area (TPSA) is 43.8 Å². The first-order valence-corrected chi connectivity index (χ1v) is 10.5. The predicted octanol–water partition coefficient (Wildman–Crippen LogP) is 4.63. The van der Waals surface area contributed by atoms with Gasteiger partial charge in [-0.3, -0.25) is 9.69 Å². The molecule has 154 valence electrons. The molecule has 1 amide bonds. The summed E-state index contributed by atoms with van der Waals surface area (Å²) in [5.41, 5.74) is 7.11. The molecule has 4 heteroatoms. The summed E-state index contributed by atoms with van der Waals surface area (Å²) in [6.45, 7) is 8.31. The minimum Gasteiger partial charge on any atom is -0.508 e. The second kappa shape index (κ2) is 8.72. The third-order valence-corrected chi connectivity index (χ3v) is 5.86. The van der Waals surface area contributed by atoms with Crippen molar-refractivity contribution in [1.29, 1.82) is 0 Å². The van der Waals surface area contributed by atoms with Crippen molar-refractivity contribution in [3.05, 3.63) is 89.0 Å². The molecule has 4 rings (SSSR count). The van der Waals surface area contributed by atoms with Gasteiger partial charge in [0.15, 0.2) is 0 Å². The molecule has 0 unspecified atom stereocenters. The summed E-state index contributed by atoms with van der Waals surface area (Å²) < 4.78 is 0. The van der Waals surface area contributed by atoms with Gasteiger partial charge in [-0.05, 0) is 60.4 Å². The SMILES string of the molecule is Cc1ccc(-c2ccccc2CN2CCN(C(=O)c3ccc(O)cc3)CC2)c(C)c1. The van der Waals surface area contributed by atoms with Crippen LogP contribution < -0.4 is 0 Å². The molecular weight excluding hydrogens is 372 g/mol. The van der Waals surface area contributed by atoms with Crippen LogP contribution in [0.2, 0.25) is 0 Å². The molecule has 0 aromatic heterocycles. The molecule has 3 aromatic carbocycles. The molecule has 1 saturated heterocycles. The largest absolute Gasteiger partial charge is 0.508 e. The van der Waals surface area contributed by atoms with Crippen LogP contribution >= 0.6 is 0 Å². The highest BCUT2D eigenvalue weighted by atomic mass is 16.3. The lowest BCUT2D eigenvalue weighted by Crippen LogP contribution is -2.48. The third kappa shape index (κ3) is 4.39. The Bertz CT molecular complexity index is 1040. The van der Waals surface area contributed by atoms with Crippen molar-refractivity contribution in [2.45, 2.75) is 20.4 Å². The summed E-state index contributed by atoms with van der Waals surface area (Å²) in [5, 5.41) is 9.43. The van der Waals surface area contributed by atoms with Gasteiger partial charge in [0, 0.05) is 38.3 Å². The van der Waals surface area contributed by atoms with E-state index in [0.29, 0.717) is 18.7 Å². The molecule has 0 spiro atoms. The van der Waals surface area contributed by atoms with Crippen LogP contribution in [0.3, 0.4) is 0 Å². The zero-order valence-electron chi connectivity index (χ0n) is 17.6. The van der Waals surface area contributed by atoms with Gasteiger partial charge < -0.3 is 10.0 Å². The minimum absolute atomic E-state index is 0.0327. The molecule has 30 heavy (non-hydrogen) atoms. The Morgan fingerprint density at radius 3 is 2.27 bits per heavy atom. The highest BCUT2D eigenvalue weighted by Gasteiger charge is 2.23. The molecule has 0 radical (unpaired) electrons. The number of hydrogen-bond donors (Lipinski definition) is 1. The first-order chi connectivity index (χ1) is 14.5. The van der Waals surface area contributed by atoms with E-state index in [-0.39, 0.29) is 11.7 Å². The van der Waals surface area contributed by atoms with E-state index in [1.54, 1.807) is 24.3 Å². The van der Waals surface area contributed by atoms with Gasteiger partial charge in [0.2, 0.25) is 0 Å². The molecule has 0 saturated carbocycles. The van der Waals surface area contributed by atoms with Crippen molar-refractivity contribution in [1.82, 2.24) is 9.80 Å². The number of piperazine rings is 1. The number of benzene rings is 3. The van der Waals surface area contributed by atoms with Crippen molar-refractivity contribution >= 4 is 5.91 Å². The van der Waals surface area contributed by atoms with Gasteiger partial charge in [0.25, 0.3) is 5.91 Å². The summed E-state index contributed by atoms with van der Waals surface area (Å²) in [6.07, 6.45) is 0. The molecule has 1 aliphatic rings. The van der Waals surface area contributed by atoms with Crippen molar-refractivity contribution < 1.29 is 9.90 Å². The van der Waals surface area contributed by atoms with Gasteiger partial charge in [-0.2, -0.15) is 0 Å². The van der Waals surface area contributed by atoms with Crippen molar-refractivity contribution in [3.8, 4) is 16.9 Å². The van der Waals surface area contributed by atoms with Crippen molar-refractivity contribution in [3.63, 3.8) is 0 Å². The van der Waals surface area contributed by atoms with Gasteiger partial charge in [0.1, 0.15) is 5.75 Å². The zero-order chi connectivity index (χ0) is 21.1. The number of carbonyl (C=O) groups is 1. The fourth-order valence-corrected chi connectivity index (χ4v) is 4.17. The Hall–Kier alpha value is -3.11. The van der Waals surface area contributed by atoms with Crippen LogP contribution in [0, 0.1) is 13.8 Å². The zero-order valence-corrected chi connectivity index (χ0v) is 17.6. The molecule has 1 N–H and O–H groups in total. The average molecular weight is 401 g/mol. The van der Waals surface area contributed by atoms with Gasteiger partial charge in [-0.15, -0.1) is 0 Å². The molecular formula is C26H28N2O2. The van der Waals surface area contributed by atoms with Crippen LogP contribution in [0.4, 0.5) is 0 Å². The highest BCUT2D eigenvalue weighted by molar-refractivity contribution is 5.94. The minimum atomic E-state index is 0.0327. The molecule has 0 atom stereocenters. The second-order valence-electron chi connectivity index (χ2n) is 8.09. The quantitative estimate of drug-likeness (QED) is 0.694. The summed E-state index contributed by atoms with van der Waals surface area (Å²) in [4.78, 5) is 17.0. The molecule has 1 aliphatic heterocycles. The average Bonchev–Trinajstić information content (AvgIpc) is 2.75. The molecule has 0 aliphatic carbocycles. The maximum atomic E-state index is 12.7. The molecule has 0 bridgehead atoms. The van der Waals surface area contributed by atoms with Crippen LogP contribution in [0.1, 0.15) is 27.0 Å². The summed E-state index contributed by atoms with van der Waals surface area (Å²) in [6, 6.07) is 21.7. The number of phenolic OH excluding ortho intramolecular Hbond substituents is 1. The number of aromatic hydroxyl groups is 1. The molecule has 1 heterocycles. The van der Waals surface area contributed by atoms with Gasteiger partial charge in [-0.25, -0.2) is 0 Å². The van der Waals surface area contributed by atoms with Gasteiger partial charge in [-0.1, -0.05) is 48.0 Å². The first kappa shape index (κ1) is 20.2. The standard InChI is InChI=1S/C26H28N2O2/c1-19-7-12-24(20(2)17-19)25-6-4-3-5-22(25)18-27-13-15-28(16-14-27)26(30)21-8-10-23(29)11-9-21/h3-12,17,29H,13-16,18H2,1-2H3. The fourth-order valence-electron chi connectivity index (χ4n) is 4.17. The van der Waals surface area contributed by atoms with Crippen molar-refractivity contribution in [2.24, 2.45) is 0 Å². The van der Waals surface area contributed by atoms with Crippen LogP contribution in [-0.4, -0.2) is 47.0 Å². The van der Waals surface area contributed by atoms with E-state index in [1.807, 2.05) is 4.90 Å². The van der Waals surface area contributed by atoms with E-state index in [9.17, 15) is 9.90 Å². The van der Waals surface area contributed by atoms with Crippen LogP contribution in [0.5, 0.6) is 5.75 Å². The Kier molecular flexibility index (Phi) is 5.86. The Morgan fingerprint density at radius 2 is 1.57 bits per heavy atom. The monoisotopic (exact) mass is 400 g/mol. The number of amides is 1. The van der Waals surface area contributed by atoms with Gasteiger partial charge >= 0.3 is 0 Å². The van der Waals surface area contributed by atoms with E-state index in [1.165, 1.54) is 27.8 Å². The normalized spacial score (nSPS) is 14.7. The van der Waals surface area contributed by atoms with Crippen LogP contribution in [0.15, 0.2) is 66.7 Å². The summed E-state index contributed by atoms with van der Waals surface area (Å²) >= 11 is 0. The van der Waals surface area contributed by atoms with E-state index in [2.05, 4.69) is 61.2 Å². The smallest absolute Gasteiger partial charge is 0.253 e. The number of phenols is 1. The fraction of sp³-hybridized carbons (Fsp3) is 0.269. The lowest BCUT2D eigenvalue weighted by atomic mass is 9.94. The lowest BCUT2D eigenvalue weighted by Gasteiger charge is -2.35. The molecule has 1 fully saturated rings. The van der Waals surface area contributed by atoms with Crippen LogP contribution in [0.25, 0.3) is 11.1 Å². The second-order valence-corrected chi connectivity index (χ2v) is 8.09. The Balaban J connectivity index is 1.43. The Labute approximate surface area is 178 Å². The number of carbonyl (C=O) groups excluding carboxylic acids is 1. The van der Waals surface area contributed by atoms with E-state index in [0.717, 1.165) is 19.6 Å². The van der Waals surface area contributed by atoms with E-state index < -0.39 is 0 Å². The number of hydrogen-bond acceptors (Lipinski definition) is 3.